The van der Waals surface area contributed by atoms with Crippen LogP contribution in [-0.2, 0) is 38.2 Å². The molecule has 4 aliphatic rings. The van der Waals surface area contributed by atoms with E-state index in [1.54, 1.807) is 23.6 Å². The Hall–Kier alpha value is -4.24. The highest BCUT2D eigenvalue weighted by atomic mass is 35.5. The summed E-state index contributed by atoms with van der Waals surface area (Å²) in [5, 5.41) is 6.56. The number of nitrogens with zero attached hydrogens (tertiary/aromatic N) is 5. The lowest BCUT2D eigenvalue weighted by molar-refractivity contribution is -0.156. The fourth-order valence-corrected chi connectivity index (χ4v) is 10.7. The molecule has 0 aromatic carbocycles. The summed E-state index contributed by atoms with van der Waals surface area (Å²) in [6.45, 7) is 49.5. The maximum atomic E-state index is 12.1. The van der Waals surface area contributed by atoms with E-state index >= 15 is 0 Å². The Morgan fingerprint density at radius 2 is 0.871 bits per heavy atom. The molecule has 18 nitrogen and oxygen atoms in total. The van der Waals surface area contributed by atoms with Crippen molar-refractivity contribution in [2.24, 2.45) is 23.7 Å². The molecule has 0 spiro atoms. The number of nitrogens with one attached hydrogen (secondary N) is 2. The number of hydrogen-bond acceptors (Lipinski definition) is 13. The van der Waals surface area contributed by atoms with Gasteiger partial charge in [0.15, 0.2) is 0 Å². The van der Waals surface area contributed by atoms with E-state index in [1.807, 2.05) is 105 Å². The van der Waals surface area contributed by atoms with Crippen molar-refractivity contribution in [2.45, 2.75) is 264 Å². The first-order valence-corrected chi connectivity index (χ1v) is 31.8. The minimum absolute atomic E-state index is 0.138. The van der Waals surface area contributed by atoms with E-state index in [-0.39, 0.29) is 47.3 Å². The Balaban J connectivity index is -0.00000100. The molecule has 4 fully saturated rings. The first-order chi connectivity index (χ1) is 39.8. The number of likely N-dealkylation sites (tertiary alicyclic amines) is 3. The third-order valence-electron chi connectivity index (χ3n) is 14.5. The van der Waals surface area contributed by atoms with Crippen molar-refractivity contribution in [3.8, 4) is 0 Å². The summed E-state index contributed by atoms with van der Waals surface area (Å²) in [5.41, 5.74) is -1.30. The van der Waals surface area contributed by atoms with Crippen molar-refractivity contribution < 1.29 is 67.1 Å². The molecule has 0 bridgehead atoms. The number of Topliss-reactive ketones (excluding diaryl/α,β-unsaturated/α-hetero) is 1. The molecule has 22 heteroatoms. The van der Waals surface area contributed by atoms with Crippen LogP contribution in [0.5, 0.6) is 0 Å². The Kier molecular flexibility index (Phi) is 43.1. The van der Waals surface area contributed by atoms with Gasteiger partial charge in [-0.05, 0) is 196 Å². The van der Waals surface area contributed by atoms with Crippen LogP contribution in [-0.4, -0.2) is 185 Å². The highest BCUT2D eigenvalue weighted by Gasteiger charge is 2.35. The van der Waals surface area contributed by atoms with Gasteiger partial charge in [-0.15, -0.1) is 0 Å². The second kappa shape index (κ2) is 44.2. The molecule has 85 heavy (non-hydrogen) atoms. The van der Waals surface area contributed by atoms with E-state index in [0.717, 1.165) is 104 Å². The van der Waals surface area contributed by atoms with Crippen molar-refractivity contribution in [3.63, 3.8) is 0 Å². The van der Waals surface area contributed by atoms with Crippen molar-refractivity contribution in [3.05, 3.63) is 0 Å². The lowest BCUT2D eigenvalue weighted by Crippen LogP contribution is -2.48. The molecule has 4 saturated heterocycles. The molecular formula is C63H119ClF3N7O11. The molecule has 4 rings (SSSR count). The van der Waals surface area contributed by atoms with Crippen LogP contribution >= 0.6 is 11.6 Å². The maximum absolute atomic E-state index is 12.1. The van der Waals surface area contributed by atoms with Gasteiger partial charge in [-0.25, -0.2) is 14.4 Å². The van der Waals surface area contributed by atoms with Gasteiger partial charge in [-0.3, -0.25) is 24.0 Å². The standard InChI is InChI=1S/C17H32N2O3.C15H30N2O2.C13H23NO3.C12H24N2O.C2H3ClO.C2HF3O.C2H6/c1-7-15(19(8-2)13(3)20)14-9-11-18(12-10-14)16(21)22-17(4,5)6;1-6-13(16-7-2)12-8-10-17(11-9-12)14(18)19-15(3,4)5;1-5-11(15)10-6-8-14(9-7-10)12(16)17-13(2,3)4;1-4-12(14(5-2)10(3)15)11-6-8-13-9-7-11;1-2(3)4;3-2(4,5)1-6;1-2/h14-15H,7-12H2,1-6H3;12-13,16H,6-11H2,1-5H3;10H,5-9H2,1-4H3;11-13H,4-9H2,1-3H3;1H3;1H;1-2H3/i;;;;;1D;. The molecule has 0 aromatic rings. The number of rotatable bonds is 14. The molecule has 4 heterocycles. The fourth-order valence-electron chi connectivity index (χ4n) is 10.7. The van der Waals surface area contributed by atoms with Crippen molar-refractivity contribution in [1.29, 1.82) is 0 Å². The quantitative estimate of drug-likeness (QED) is 0.0945. The Morgan fingerprint density at radius 3 is 1.11 bits per heavy atom. The SMILES string of the molecule is CC.CC(=O)Cl.CCC(=O)C1CCN(C(=O)OC(C)(C)C)CC1.CCC(C1CCN(C(=O)OC(C)(C)C)CC1)N(CC)C(C)=O.CCC(C1CCNCC1)N(CC)C(C)=O.CCNC(CC)C1CCN(C(=O)OC(C)(C)C)CC1.[2H]C(=O)C(F)(F)F. The number of ether oxygens (including phenoxy) is 3. The minimum Gasteiger partial charge on any atom is -0.444 e. The Morgan fingerprint density at radius 1 is 0.576 bits per heavy atom. The summed E-state index contributed by atoms with van der Waals surface area (Å²) in [6, 6.07) is 1.32. The van der Waals surface area contributed by atoms with Gasteiger partial charge in [0.1, 0.15) is 24.0 Å². The van der Waals surface area contributed by atoms with E-state index in [1.165, 1.54) is 19.8 Å². The van der Waals surface area contributed by atoms with Gasteiger partial charge in [-0.2, -0.15) is 13.2 Å². The van der Waals surface area contributed by atoms with Gasteiger partial charge in [-0.1, -0.05) is 48.5 Å². The van der Waals surface area contributed by atoms with Crippen LogP contribution in [0.4, 0.5) is 27.6 Å². The summed E-state index contributed by atoms with van der Waals surface area (Å²) in [5.74, 6) is 2.66. The van der Waals surface area contributed by atoms with Crippen molar-refractivity contribution in [1.82, 2.24) is 35.1 Å². The molecule has 2 N–H and O–H groups in total. The van der Waals surface area contributed by atoms with Crippen LogP contribution in [0.15, 0.2) is 0 Å². The van der Waals surface area contributed by atoms with Gasteiger partial charge < -0.3 is 49.3 Å². The topological polar surface area (TPSA) is 205 Å². The van der Waals surface area contributed by atoms with Crippen LogP contribution in [0.1, 0.15) is 224 Å². The zero-order chi connectivity index (χ0) is 67.3. The number of halogens is 4. The maximum Gasteiger partial charge on any atom is 0.446 e. The fraction of sp³-hybridized carbons (Fsp3) is 0.873. The van der Waals surface area contributed by atoms with Crippen LogP contribution in [0.25, 0.3) is 0 Å². The molecule has 3 atom stereocenters. The summed E-state index contributed by atoms with van der Waals surface area (Å²) in [4.78, 5) is 98.3. The number of carbonyl (C=O) groups is 8. The van der Waals surface area contributed by atoms with Crippen molar-refractivity contribution in [2.75, 3.05) is 72.0 Å². The van der Waals surface area contributed by atoms with E-state index in [0.29, 0.717) is 68.2 Å². The minimum atomic E-state index is -4.97. The summed E-state index contributed by atoms with van der Waals surface area (Å²) < 4.78 is 53.5. The molecule has 0 aromatic heterocycles. The van der Waals surface area contributed by atoms with Crippen LogP contribution in [0.3, 0.4) is 0 Å². The number of aldehydes is 1. The number of carbonyl (C=O) groups excluding carboxylic acids is 8. The van der Waals surface area contributed by atoms with E-state index < -0.39 is 29.2 Å². The lowest BCUT2D eigenvalue weighted by atomic mass is 9.87. The third-order valence-corrected chi connectivity index (χ3v) is 14.5. The summed E-state index contributed by atoms with van der Waals surface area (Å²) >= 11 is 4.64. The third kappa shape index (κ3) is 39.3. The predicted molar refractivity (Wildman–Crippen MR) is 335 cm³/mol. The van der Waals surface area contributed by atoms with Crippen LogP contribution in [0.2, 0.25) is 0 Å². The van der Waals surface area contributed by atoms with Crippen molar-refractivity contribution >= 4 is 59.0 Å². The number of hydrogen-bond donors (Lipinski definition) is 2. The number of amides is 5. The average Bonchev–Trinajstić information content (AvgIpc) is 3.44. The average molecular weight is 1240 g/mol. The lowest BCUT2D eigenvalue weighted by Gasteiger charge is -2.40. The Bertz CT molecular complexity index is 1940. The van der Waals surface area contributed by atoms with Gasteiger partial charge in [0.2, 0.25) is 23.3 Å². The van der Waals surface area contributed by atoms with Crippen LogP contribution in [0, 0.1) is 23.7 Å². The summed E-state index contributed by atoms with van der Waals surface area (Å²) in [6.07, 6.45) is 3.64. The van der Waals surface area contributed by atoms with Crippen LogP contribution < -0.4 is 10.6 Å². The van der Waals surface area contributed by atoms with Gasteiger partial charge >= 0.3 is 24.5 Å². The molecule has 0 saturated carbocycles. The zero-order valence-electron chi connectivity index (χ0n) is 57.5. The van der Waals surface area contributed by atoms with Gasteiger partial charge in [0, 0.05) is 104 Å². The molecular weight excluding hydrogens is 1120 g/mol. The smallest absolute Gasteiger partial charge is 0.444 e. The largest absolute Gasteiger partial charge is 0.446 e. The first-order valence-electron chi connectivity index (χ1n) is 32.0. The highest BCUT2D eigenvalue weighted by molar-refractivity contribution is 6.62. The van der Waals surface area contributed by atoms with E-state index in [2.05, 4.69) is 56.9 Å². The Labute approximate surface area is 518 Å². The number of piperidine rings is 4. The highest BCUT2D eigenvalue weighted by Crippen LogP contribution is 2.29. The monoisotopic (exact) mass is 1240 g/mol. The number of alkyl halides is 3. The second-order valence-electron chi connectivity index (χ2n) is 24.5. The molecule has 4 aliphatic heterocycles. The molecule has 0 aliphatic carbocycles. The van der Waals surface area contributed by atoms with Gasteiger partial charge in [0.05, 0.1) is 0 Å². The first kappa shape index (κ1) is 82.8. The van der Waals surface area contributed by atoms with Gasteiger partial charge in [0.25, 0.3) is 0 Å². The normalized spacial score (nSPS) is 17.4. The van der Waals surface area contributed by atoms with E-state index in [9.17, 15) is 46.7 Å². The predicted octanol–water partition coefficient (Wildman–Crippen LogP) is 13.1. The molecule has 5 amide bonds. The molecule has 3 unspecified atom stereocenters. The number of ketones is 1. The molecule has 500 valence electrons. The molecule has 0 radical (unpaired) electrons. The summed E-state index contributed by atoms with van der Waals surface area (Å²) in [7, 11) is 0. The van der Waals surface area contributed by atoms with E-state index in [4.69, 9.17) is 20.4 Å². The zero-order valence-corrected chi connectivity index (χ0v) is 57.3. The second-order valence-corrected chi connectivity index (χ2v) is 25.0.